The lowest BCUT2D eigenvalue weighted by Gasteiger charge is -2.34. The smallest absolute Gasteiger partial charge is 0.392 e. The topological polar surface area (TPSA) is 74.0 Å². The number of carbonyl (C=O) groups is 1. The number of carbonyl (C=O) groups excluding carboxylic acids is 1. The molecule has 2 aromatic carbocycles. The molecule has 7 nitrogen and oxygen atoms in total. The number of halogens is 6. The van der Waals surface area contributed by atoms with E-state index in [4.69, 9.17) is 0 Å². The second-order valence-electron chi connectivity index (χ2n) is 10.4. The van der Waals surface area contributed by atoms with Crippen LogP contribution < -0.4 is 0 Å². The molecule has 0 unspecified atom stereocenters. The summed E-state index contributed by atoms with van der Waals surface area (Å²) in [5.41, 5.74) is -0.706. The van der Waals surface area contributed by atoms with E-state index in [0.717, 1.165) is 12.3 Å². The molecule has 0 spiro atoms. The number of amides is 1. The highest BCUT2D eigenvalue weighted by molar-refractivity contribution is 6.00. The standard InChI is InChI=1S/C28H23F6N5O2/c1-14-24(16-4-2-15(13-40)3-5-16)36-26-21(9-35-39(26)25(14)28(32,33)34)27(41)38-12-19-8-20(38)11-37(19)10-17-6-18(29)7-22(30)23(17)31/h2-7,9,19-20,40H,8,10-13H2,1H3/t19-,20-/m0/s1. The lowest BCUT2D eigenvalue weighted by molar-refractivity contribution is -0.143. The Kier molecular flexibility index (Phi) is 6.53. The molecule has 13 heteroatoms. The van der Waals surface area contributed by atoms with Gasteiger partial charge >= 0.3 is 6.18 Å². The molecule has 0 aliphatic carbocycles. The number of likely N-dealkylation sites (tertiary alicyclic amines) is 2. The van der Waals surface area contributed by atoms with Crippen molar-refractivity contribution in [1.82, 2.24) is 24.4 Å². The number of hydrogen-bond acceptors (Lipinski definition) is 5. The first-order valence-electron chi connectivity index (χ1n) is 12.8. The van der Waals surface area contributed by atoms with Gasteiger partial charge in [-0.25, -0.2) is 22.7 Å². The molecule has 6 rings (SSSR count). The number of aliphatic hydroxyl groups excluding tert-OH is 1. The maximum atomic E-state index is 14.2. The van der Waals surface area contributed by atoms with Crippen LogP contribution in [0.25, 0.3) is 16.9 Å². The highest BCUT2D eigenvalue weighted by Gasteiger charge is 2.46. The number of alkyl halides is 3. The van der Waals surface area contributed by atoms with Crippen LogP contribution in [0, 0.1) is 24.4 Å². The van der Waals surface area contributed by atoms with Crippen molar-refractivity contribution in [3.05, 3.63) is 88.0 Å². The maximum Gasteiger partial charge on any atom is 0.433 e. The Balaban J connectivity index is 1.32. The zero-order valence-corrected chi connectivity index (χ0v) is 21.6. The van der Waals surface area contributed by atoms with Crippen LogP contribution in [0.15, 0.2) is 42.6 Å². The van der Waals surface area contributed by atoms with E-state index < -0.39 is 35.2 Å². The van der Waals surface area contributed by atoms with Crippen molar-refractivity contribution in [2.45, 2.75) is 44.8 Å². The summed E-state index contributed by atoms with van der Waals surface area (Å²) in [5, 5.41) is 13.2. The van der Waals surface area contributed by atoms with Crippen LogP contribution in [0.5, 0.6) is 0 Å². The number of piperazine rings is 1. The summed E-state index contributed by atoms with van der Waals surface area (Å²) in [4.78, 5) is 21.5. The zero-order valence-electron chi connectivity index (χ0n) is 21.6. The van der Waals surface area contributed by atoms with Crippen molar-refractivity contribution < 1.29 is 36.2 Å². The van der Waals surface area contributed by atoms with Crippen LogP contribution in [0.4, 0.5) is 26.3 Å². The molecule has 2 aromatic heterocycles. The van der Waals surface area contributed by atoms with E-state index in [1.165, 1.54) is 11.8 Å². The van der Waals surface area contributed by atoms with Crippen molar-refractivity contribution >= 4 is 11.6 Å². The number of rotatable bonds is 5. The van der Waals surface area contributed by atoms with Crippen molar-refractivity contribution in [1.29, 1.82) is 0 Å². The quantitative estimate of drug-likeness (QED) is 0.275. The van der Waals surface area contributed by atoms with Crippen LogP contribution in [-0.2, 0) is 19.3 Å². The molecule has 1 amide bonds. The van der Waals surface area contributed by atoms with Gasteiger partial charge in [-0.1, -0.05) is 24.3 Å². The van der Waals surface area contributed by atoms with E-state index in [9.17, 15) is 36.2 Å². The van der Waals surface area contributed by atoms with Gasteiger partial charge in [0.2, 0.25) is 0 Å². The second-order valence-corrected chi connectivity index (χ2v) is 10.4. The second kappa shape index (κ2) is 9.84. The van der Waals surface area contributed by atoms with E-state index in [1.54, 1.807) is 24.3 Å². The number of benzene rings is 2. The minimum atomic E-state index is -4.80. The molecular weight excluding hydrogens is 552 g/mol. The van der Waals surface area contributed by atoms with E-state index in [0.29, 0.717) is 34.7 Å². The SMILES string of the molecule is Cc1c(-c2ccc(CO)cc2)nc2c(C(=O)N3C[C@@H]4C[C@H]3CN4Cc3cc(F)cc(F)c3F)cnn2c1C(F)(F)F. The molecule has 2 fully saturated rings. The van der Waals surface area contributed by atoms with E-state index in [1.807, 2.05) is 4.90 Å². The monoisotopic (exact) mass is 575 g/mol. The van der Waals surface area contributed by atoms with E-state index >= 15 is 0 Å². The maximum absolute atomic E-state index is 14.2. The zero-order chi connectivity index (χ0) is 29.2. The van der Waals surface area contributed by atoms with Crippen molar-refractivity contribution in [3.63, 3.8) is 0 Å². The Morgan fingerprint density at radius 1 is 1.07 bits per heavy atom. The average Bonchev–Trinajstić information content (AvgIpc) is 3.64. The predicted octanol–water partition coefficient (Wildman–Crippen LogP) is 4.73. The van der Waals surface area contributed by atoms with E-state index in [2.05, 4.69) is 10.1 Å². The molecule has 1 N–H and O–H groups in total. The van der Waals surface area contributed by atoms with Gasteiger partial charge in [-0.2, -0.15) is 18.3 Å². The van der Waals surface area contributed by atoms with Crippen LogP contribution in [-0.4, -0.2) is 60.6 Å². The number of aliphatic hydroxyl groups is 1. The molecule has 2 saturated heterocycles. The Morgan fingerprint density at radius 2 is 1.80 bits per heavy atom. The molecule has 2 aliphatic rings. The normalized spacial score (nSPS) is 19.1. The number of hydrogen-bond donors (Lipinski definition) is 1. The van der Waals surface area contributed by atoms with Crippen LogP contribution in [0.3, 0.4) is 0 Å². The van der Waals surface area contributed by atoms with Crippen molar-refractivity contribution in [2.75, 3.05) is 13.1 Å². The fourth-order valence-electron chi connectivity index (χ4n) is 5.90. The summed E-state index contributed by atoms with van der Waals surface area (Å²) in [6, 6.07) is 7.11. The predicted molar refractivity (Wildman–Crippen MR) is 134 cm³/mol. The fourth-order valence-corrected chi connectivity index (χ4v) is 5.90. The Labute approximate surface area is 229 Å². The van der Waals surface area contributed by atoms with Gasteiger partial charge in [0.05, 0.1) is 18.5 Å². The molecule has 2 atom stereocenters. The van der Waals surface area contributed by atoms with Gasteiger partial charge in [0.15, 0.2) is 23.0 Å². The number of nitrogens with zero attached hydrogens (tertiary/aromatic N) is 5. The van der Waals surface area contributed by atoms with Crippen LogP contribution in [0.1, 0.15) is 39.2 Å². The lowest BCUT2D eigenvalue weighted by atomic mass is 10.0. The number of fused-ring (bicyclic) bond motifs is 3. The summed E-state index contributed by atoms with van der Waals surface area (Å²) in [6.45, 7) is 1.51. The third-order valence-electron chi connectivity index (χ3n) is 7.85. The first kappa shape index (κ1) is 27.2. The van der Waals surface area contributed by atoms with Gasteiger partial charge in [0.25, 0.3) is 5.91 Å². The first-order chi connectivity index (χ1) is 19.5. The summed E-state index contributed by atoms with van der Waals surface area (Å²) < 4.78 is 84.9. The minimum absolute atomic E-state index is 0.0299. The Morgan fingerprint density at radius 3 is 2.44 bits per heavy atom. The van der Waals surface area contributed by atoms with E-state index in [-0.39, 0.29) is 59.8 Å². The van der Waals surface area contributed by atoms with Gasteiger partial charge < -0.3 is 10.0 Å². The lowest BCUT2D eigenvalue weighted by Crippen LogP contribution is -2.48. The van der Waals surface area contributed by atoms with Gasteiger partial charge in [0, 0.05) is 54.5 Å². The molecule has 0 radical (unpaired) electrons. The summed E-state index contributed by atoms with van der Waals surface area (Å²) in [6.07, 6.45) is -3.20. The van der Waals surface area contributed by atoms with Crippen molar-refractivity contribution in [3.8, 4) is 11.3 Å². The fraction of sp³-hybridized carbons (Fsp3) is 0.321. The highest BCUT2D eigenvalue weighted by atomic mass is 19.4. The molecule has 2 aliphatic heterocycles. The number of aromatic nitrogens is 3. The molecular formula is C28H23F6N5O2. The highest BCUT2D eigenvalue weighted by Crippen LogP contribution is 2.38. The van der Waals surface area contributed by atoms with Gasteiger partial charge in [-0.15, -0.1) is 0 Å². The molecule has 0 saturated carbocycles. The largest absolute Gasteiger partial charge is 0.433 e. The minimum Gasteiger partial charge on any atom is -0.392 e. The summed E-state index contributed by atoms with van der Waals surface area (Å²) in [7, 11) is 0. The molecule has 4 heterocycles. The van der Waals surface area contributed by atoms with Gasteiger partial charge in [-0.3, -0.25) is 9.69 Å². The van der Waals surface area contributed by atoms with Gasteiger partial charge in [0.1, 0.15) is 11.4 Å². The third kappa shape index (κ3) is 4.62. The summed E-state index contributed by atoms with van der Waals surface area (Å²) >= 11 is 0. The average molecular weight is 576 g/mol. The molecule has 214 valence electrons. The Hall–Kier alpha value is -3.97. The van der Waals surface area contributed by atoms with Crippen LogP contribution >= 0.6 is 0 Å². The molecule has 4 aromatic rings. The van der Waals surface area contributed by atoms with Crippen molar-refractivity contribution in [2.24, 2.45) is 0 Å². The van der Waals surface area contributed by atoms with Gasteiger partial charge in [-0.05, 0) is 25.0 Å². The third-order valence-corrected chi connectivity index (χ3v) is 7.85. The Bertz CT molecular complexity index is 1670. The summed E-state index contributed by atoms with van der Waals surface area (Å²) in [5.74, 6) is -3.84. The molecule has 41 heavy (non-hydrogen) atoms. The first-order valence-corrected chi connectivity index (χ1v) is 12.8. The van der Waals surface area contributed by atoms with Crippen LogP contribution in [0.2, 0.25) is 0 Å². The molecule has 2 bridgehead atoms.